The Labute approximate surface area is 149 Å². The first-order chi connectivity index (χ1) is 12.0. The molecule has 0 aromatic heterocycles. The number of hydrogen-bond donors (Lipinski definition) is 1. The van der Waals surface area contributed by atoms with E-state index in [1.54, 1.807) is 0 Å². The van der Waals surface area contributed by atoms with E-state index < -0.39 is 0 Å². The van der Waals surface area contributed by atoms with Gasteiger partial charge in [-0.25, -0.2) is 0 Å². The Morgan fingerprint density at radius 3 is 1.44 bits per heavy atom. The average molecular weight is 334 g/mol. The van der Waals surface area contributed by atoms with Crippen molar-refractivity contribution in [1.29, 1.82) is 0 Å². The average Bonchev–Trinajstić information content (AvgIpc) is 2.62. The van der Waals surface area contributed by atoms with Gasteiger partial charge in [0, 0.05) is 37.0 Å². The molecule has 0 unspecified atom stereocenters. The molecule has 0 radical (unpaired) electrons. The summed E-state index contributed by atoms with van der Waals surface area (Å²) in [6.45, 7) is 8.36. The molecule has 6 rings (SSSR count). The summed E-state index contributed by atoms with van der Waals surface area (Å²) in [5.41, 5.74) is 2.16. The third-order valence-electron chi connectivity index (χ3n) is 7.18. The molecule has 130 valence electrons. The van der Waals surface area contributed by atoms with Gasteiger partial charge in [0.2, 0.25) is 0 Å². The summed E-state index contributed by atoms with van der Waals surface area (Å²) in [4.78, 5) is 5.18. The zero-order valence-electron chi connectivity index (χ0n) is 15.0. The fraction of sp³-hybridized carbons (Fsp3) is 0.455. The molecule has 1 N–H and O–H groups in total. The lowest BCUT2D eigenvalue weighted by Crippen LogP contribution is -2.86. The fourth-order valence-electron chi connectivity index (χ4n) is 5.64. The summed E-state index contributed by atoms with van der Waals surface area (Å²) in [6, 6.07) is 21.3. The van der Waals surface area contributed by atoms with Gasteiger partial charge in [0.25, 0.3) is 0 Å². The summed E-state index contributed by atoms with van der Waals surface area (Å²) in [6.07, 6.45) is -0.367. The van der Waals surface area contributed by atoms with Crippen molar-refractivity contribution in [3.63, 3.8) is 0 Å². The Morgan fingerprint density at radius 1 is 0.720 bits per heavy atom. The molecule has 4 saturated heterocycles. The van der Waals surface area contributed by atoms with Crippen LogP contribution in [0, 0.1) is 0 Å². The highest BCUT2D eigenvalue weighted by Gasteiger charge is 2.68. The lowest BCUT2D eigenvalue weighted by atomic mass is 9.54. The minimum absolute atomic E-state index is 0.0523. The van der Waals surface area contributed by atoms with E-state index in [1.165, 1.54) is 11.1 Å². The van der Waals surface area contributed by atoms with Crippen LogP contribution in [0.2, 0.25) is 0 Å². The maximum atomic E-state index is 11.8. The van der Waals surface area contributed by atoms with Crippen LogP contribution in [0.5, 0.6) is 0 Å². The second-order valence-corrected chi connectivity index (χ2v) is 8.65. The minimum Gasteiger partial charge on any atom is -0.391 e. The molecule has 4 heterocycles. The topological polar surface area (TPSA) is 26.7 Å². The van der Waals surface area contributed by atoms with Crippen LogP contribution in [-0.4, -0.2) is 52.9 Å². The van der Waals surface area contributed by atoms with Crippen LogP contribution < -0.4 is 0 Å². The van der Waals surface area contributed by atoms with Crippen molar-refractivity contribution in [2.75, 3.05) is 26.2 Å². The van der Waals surface area contributed by atoms with Crippen molar-refractivity contribution < 1.29 is 5.11 Å². The smallest absolute Gasteiger partial charge is 0.0782 e. The third kappa shape index (κ3) is 1.86. The molecule has 2 aromatic carbocycles. The van der Waals surface area contributed by atoms with Gasteiger partial charge < -0.3 is 5.11 Å². The molecule has 4 aliphatic rings. The molecule has 3 nitrogen and oxygen atoms in total. The molecule has 4 fully saturated rings. The fourth-order valence-corrected chi connectivity index (χ4v) is 5.64. The number of aliphatic hydroxyl groups excluding tert-OH is 1. The number of aliphatic hydroxyl groups is 1. The summed E-state index contributed by atoms with van der Waals surface area (Å²) < 4.78 is 0. The van der Waals surface area contributed by atoms with Crippen LogP contribution in [0.3, 0.4) is 0 Å². The van der Waals surface area contributed by atoms with Crippen LogP contribution >= 0.6 is 0 Å². The number of rotatable bonds is 2. The van der Waals surface area contributed by atoms with Gasteiger partial charge in [0.15, 0.2) is 0 Å². The Kier molecular flexibility index (Phi) is 3.08. The molecular weight excluding hydrogens is 308 g/mol. The predicted octanol–water partition coefficient (Wildman–Crippen LogP) is 2.60. The van der Waals surface area contributed by atoms with E-state index in [0.29, 0.717) is 0 Å². The van der Waals surface area contributed by atoms with Gasteiger partial charge in [-0.3, -0.25) is 9.80 Å². The summed E-state index contributed by atoms with van der Waals surface area (Å²) in [5, 5.41) is 11.8. The van der Waals surface area contributed by atoms with Gasteiger partial charge in [-0.15, -0.1) is 0 Å². The van der Waals surface area contributed by atoms with Crippen LogP contribution in [0.1, 0.15) is 25.0 Å². The minimum atomic E-state index is -0.367. The van der Waals surface area contributed by atoms with E-state index >= 15 is 0 Å². The van der Waals surface area contributed by atoms with Crippen LogP contribution in [0.4, 0.5) is 0 Å². The zero-order valence-corrected chi connectivity index (χ0v) is 15.0. The van der Waals surface area contributed by atoms with Crippen molar-refractivity contribution in [3.05, 3.63) is 71.8 Å². The molecule has 0 amide bonds. The van der Waals surface area contributed by atoms with Crippen LogP contribution in [0.15, 0.2) is 60.7 Å². The molecule has 3 heteroatoms. The van der Waals surface area contributed by atoms with Crippen molar-refractivity contribution in [2.24, 2.45) is 0 Å². The van der Waals surface area contributed by atoms with Crippen LogP contribution in [-0.2, 0) is 10.8 Å². The first kappa shape index (κ1) is 15.6. The normalized spacial score (nSPS) is 41.0. The summed E-state index contributed by atoms with van der Waals surface area (Å²) >= 11 is 0. The van der Waals surface area contributed by atoms with Gasteiger partial charge in [0.05, 0.1) is 11.8 Å². The molecule has 0 saturated carbocycles. The first-order valence-electron chi connectivity index (χ1n) is 9.28. The summed E-state index contributed by atoms with van der Waals surface area (Å²) in [5.74, 6) is 0. The number of hydrogen-bond acceptors (Lipinski definition) is 3. The highest BCUT2D eigenvalue weighted by atomic mass is 16.3. The number of benzene rings is 2. The van der Waals surface area contributed by atoms with Gasteiger partial charge in [-0.05, 0) is 25.0 Å². The molecule has 0 spiro atoms. The molecule has 4 aliphatic heterocycles. The molecule has 2 aromatic rings. The van der Waals surface area contributed by atoms with E-state index in [-0.39, 0.29) is 22.6 Å². The maximum absolute atomic E-state index is 11.8. The van der Waals surface area contributed by atoms with Crippen molar-refractivity contribution in [3.8, 4) is 0 Å². The van der Waals surface area contributed by atoms with E-state index in [1.807, 2.05) is 0 Å². The second-order valence-electron chi connectivity index (χ2n) is 8.65. The van der Waals surface area contributed by atoms with E-state index in [2.05, 4.69) is 84.3 Å². The number of nitrogens with zero attached hydrogens (tertiary/aromatic N) is 2. The maximum Gasteiger partial charge on any atom is 0.0782 e. The summed E-state index contributed by atoms with van der Waals surface area (Å²) in [7, 11) is 0. The Bertz CT molecular complexity index is 709. The highest BCUT2D eigenvalue weighted by Crippen LogP contribution is 2.55. The third-order valence-corrected chi connectivity index (χ3v) is 7.18. The monoisotopic (exact) mass is 334 g/mol. The quantitative estimate of drug-likeness (QED) is 0.914. The van der Waals surface area contributed by atoms with Gasteiger partial charge in [0.1, 0.15) is 0 Å². The lowest BCUT2D eigenvalue weighted by molar-refractivity contribution is -0.238. The SMILES string of the molecule is CC1(C)N2CC3(c4ccccc4)CN1CC(c1ccccc1)(C2)C3O. The molecule has 25 heavy (non-hydrogen) atoms. The lowest BCUT2D eigenvalue weighted by Gasteiger charge is -2.72. The Balaban J connectivity index is 1.71. The van der Waals surface area contributed by atoms with Crippen molar-refractivity contribution >= 4 is 0 Å². The molecule has 0 aliphatic carbocycles. The highest BCUT2D eigenvalue weighted by molar-refractivity contribution is 5.42. The molecule has 4 bridgehead atoms. The van der Waals surface area contributed by atoms with E-state index in [0.717, 1.165) is 26.2 Å². The first-order valence-corrected chi connectivity index (χ1v) is 9.28. The molecular formula is C22H26N2O. The van der Waals surface area contributed by atoms with Gasteiger partial charge in [-0.1, -0.05) is 60.7 Å². The largest absolute Gasteiger partial charge is 0.391 e. The van der Waals surface area contributed by atoms with E-state index in [9.17, 15) is 5.11 Å². The predicted molar refractivity (Wildman–Crippen MR) is 99.5 cm³/mol. The standard InChI is InChI=1S/C22H26N2O/c1-20(2)23-13-21(17-9-5-3-6-10-17)14-24(20)16-22(15-23,19(21)25)18-11-7-4-8-12-18/h3-12,19,25H,13-16H2,1-2H3. The second kappa shape index (κ2) is 4.94. The van der Waals surface area contributed by atoms with Crippen LogP contribution in [0.25, 0.3) is 0 Å². The Morgan fingerprint density at radius 2 is 1.08 bits per heavy atom. The zero-order chi connectivity index (χ0) is 17.3. The van der Waals surface area contributed by atoms with Crippen molar-refractivity contribution in [2.45, 2.75) is 36.4 Å². The molecule has 0 atom stereocenters. The Hall–Kier alpha value is -1.68. The van der Waals surface area contributed by atoms with Gasteiger partial charge in [-0.2, -0.15) is 0 Å². The van der Waals surface area contributed by atoms with E-state index in [4.69, 9.17) is 0 Å². The van der Waals surface area contributed by atoms with Gasteiger partial charge >= 0.3 is 0 Å². The van der Waals surface area contributed by atoms with Crippen molar-refractivity contribution in [1.82, 2.24) is 9.80 Å². The number of piperidine rings is 2.